The summed E-state index contributed by atoms with van der Waals surface area (Å²) in [5, 5.41) is 5.22. The Labute approximate surface area is 215 Å². The minimum Gasteiger partial charge on any atom is -0.0622 e. The van der Waals surface area contributed by atoms with Crippen molar-refractivity contribution < 1.29 is 0 Å². The summed E-state index contributed by atoms with van der Waals surface area (Å²) in [6.45, 7) is 0. The average molecular weight is 513 g/mol. The zero-order valence-electron chi connectivity index (χ0n) is 19.4. The van der Waals surface area contributed by atoms with Gasteiger partial charge in [0.15, 0.2) is 0 Å². The van der Waals surface area contributed by atoms with Crippen molar-refractivity contribution in [2.75, 3.05) is 0 Å². The molecule has 0 nitrogen and oxygen atoms in total. The first-order chi connectivity index (χ1) is 17.2. The van der Waals surface area contributed by atoms with Crippen molar-refractivity contribution >= 4 is 37.5 Å². The molecular formula is C34H25Br. The molecule has 0 aliphatic carbocycles. The van der Waals surface area contributed by atoms with Crippen molar-refractivity contribution in [3.05, 3.63) is 155 Å². The standard InChI is InChI=1S/C34H25Br/c35-31-19-16-26(17-20-31)25-10-12-28(13-11-25)34(22-24-6-2-1-3-7-24)30-18-21-33-29(23-30)15-14-27-8-4-5-9-32(27)33/h1-21,23,34H,22H2/t34-/m1/s1. The second kappa shape index (κ2) is 9.52. The fourth-order valence-electron chi connectivity index (χ4n) is 5.08. The van der Waals surface area contributed by atoms with Crippen molar-refractivity contribution in [2.24, 2.45) is 0 Å². The molecule has 1 atom stereocenters. The maximum atomic E-state index is 3.54. The summed E-state index contributed by atoms with van der Waals surface area (Å²) in [5.74, 6) is 0.284. The maximum Gasteiger partial charge on any atom is 0.0175 e. The van der Waals surface area contributed by atoms with E-state index < -0.39 is 0 Å². The first-order valence-electron chi connectivity index (χ1n) is 12.1. The van der Waals surface area contributed by atoms with Crippen LogP contribution in [0.1, 0.15) is 22.6 Å². The van der Waals surface area contributed by atoms with Crippen LogP contribution in [0.2, 0.25) is 0 Å². The van der Waals surface area contributed by atoms with Gasteiger partial charge < -0.3 is 0 Å². The molecule has 0 aliphatic heterocycles. The molecule has 0 amide bonds. The van der Waals surface area contributed by atoms with Gasteiger partial charge in [-0.2, -0.15) is 0 Å². The van der Waals surface area contributed by atoms with Crippen LogP contribution in [0.4, 0.5) is 0 Å². The smallest absolute Gasteiger partial charge is 0.0175 e. The predicted molar refractivity (Wildman–Crippen MR) is 153 cm³/mol. The molecule has 6 aromatic carbocycles. The molecular weight excluding hydrogens is 488 g/mol. The third kappa shape index (κ3) is 4.52. The average Bonchev–Trinajstić information content (AvgIpc) is 2.92. The molecule has 0 saturated heterocycles. The van der Waals surface area contributed by atoms with Crippen LogP contribution >= 0.6 is 15.9 Å². The fraction of sp³-hybridized carbons (Fsp3) is 0.0588. The summed E-state index contributed by atoms with van der Waals surface area (Å²) in [6.07, 6.45) is 0.970. The zero-order valence-corrected chi connectivity index (χ0v) is 21.0. The highest BCUT2D eigenvalue weighted by Crippen LogP contribution is 2.34. The lowest BCUT2D eigenvalue weighted by atomic mass is 9.84. The Bertz CT molecular complexity index is 1600. The lowest BCUT2D eigenvalue weighted by Crippen LogP contribution is -2.05. The largest absolute Gasteiger partial charge is 0.0622 e. The second-order valence-electron chi connectivity index (χ2n) is 9.14. The van der Waals surface area contributed by atoms with E-state index in [9.17, 15) is 0 Å². The lowest BCUT2D eigenvalue weighted by Gasteiger charge is -2.20. The minimum atomic E-state index is 0.284. The van der Waals surface area contributed by atoms with E-state index in [0.717, 1.165) is 10.9 Å². The van der Waals surface area contributed by atoms with Crippen molar-refractivity contribution in [1.29, 1.82) is 0 Å². The van der Waals surface area contributed by atoms with Crippen LogP contribution in [0.3, 0.4) is 0 Å². The van der Waals surface area contributed by atoms with E-state index in [1.165, 1.54) is 49.4 Å². The third-order valence-corrected chi connectivity index (χ3v) is 7.47. The van der Waals surface area contributed by atoms with Gasteiger partial charge >= 0.3 is 0 Å². The normalized spacial score (nSPS) is 12.1. The van der Waals surface area contributed by atoms with Crippen molar-refractivity contribution in [1.82, 2.24) is 0 Å². The van der Waals surface area contributed by atoms with E-state index in [-0.39, 0.29) is 5.92 Å². The fourth-order valence-corrected chi connectivity index (χ4v) is 5.34. The summed E-state index contributed by atoms with van der Waals surface area (Å²) in [7, 11) is 0. The Morgan fingerprint density at radius 3 is 1.86 bits per heavy atom. The maximum absolute atomic E-state index is 3.54. The van der Waals surface area contributed by atoms with Gasteiger partial charge in [0, 0.05) is 10.4 Å². The van der Waals surface area contributed by atoms with Gasteiger partial charge in [0.25, 0.3) is 0 Å². The Morgan fingerprint density at radius 2 is 1.09 bits per heavy atom. The van der Waals surface area contributed by atoms with Gasteiger partial charge in [0.1, 0.15) is 0 Å². The van der Waals surface area contributed by atoms with Gasteiger partial charge in [0.05, 0.1) is 0 Å². The number of halogens is 1. The molecule has 6 aromatic rings. The number of benzene rings is 6. The van der Waals surface area contributed by atoms with E-state index in [1.807, 2.05) is 0 Å². The molecule has 0 radical (unpaired) electrons. The van der Waals surface area contributed by atoms with Gasteiger partial charge in [-0.15, -0.1) is 0 Å². The molecule has 0 aliphatic rings. The Hall–Kier alpha value is -3.68. The highest BCUT2D eigenvalue weighted by atomic mass is 79.9. The van der Waals surface area contributed by atoms with Gasteiger partial charge in [-0.3, -0.25) is 0 Å². The van der Waals surface area contributed by atoms with Crippen LogP contribution in [-0.4, -0.2) is 0 Å². The van der Waals surface area contributed by atoms with Crippen molar-refractivity contribution in [2.45, 2.75) is 12.3 Å². The topological polar surface area (TPSA) is 0 Å². The van der Waals surface area contributed by atoms with E-state index >= 15 is 0 Å². The minimum absolute atomic E-state index is 0.284. The highest BCUT2D eigenvalue weighted by Gasteiger charge is 2.16. The van der Waals surface area contributed by atoms with Crippen LogP contribution < -0.4 is 0 Å². The van der Waals surface area contributed by atoms with Crippen LogP contribution in [0, 0.1) is 0 Å². The molecule has 168 valence electrons. The number of rotatable bonds is 5. The van der Waals surface area contributed by atoms with E-state index in [4.69, 9.17) is 0 Å². The number of hydrogen-bond acceptors (Lipinski definition) is 0. The summed E-state index contributed by atoms with van der Waals surface area (Å²) in [6, 6.07) is 48.6. The molecule has 0 unspecified atom stereocenters. The zero-order chi connectivity index (χ0) is 23.6. The summed E-state index contributed by atoms with van der Waals surface area (Å²) < 4.78 is 1.10. The molecule has 0 bridgehead atoms. The monoisotopic (exact) mass is 512 g/mol. The summed E-state index contributed by atoms with van der Waals surface area (Å²) >= 11 is 3.54. The van der Waals surface area contributed by atoms with Crippen LogP contribution in [-0.2, 0) is 6.42 Å². The van der Waals surface area contributed by atoms with E-state index in [0.29, 0.717) is 0 Å². The van der Waals surface area contributed by atoms with Crippen LogP contribution in [0.25, 0.3) is 32.7 Å². The van der Waals surface area contributed by atoms with E-state index in [2.05, 4.69) is 149 Å². The first kappa shape index (κ1) is 21.8. The Morgan fingerprint density at radius 1 is 0.486 bits per heavy atom. The van der Waals surface area contributed by atoms with Crippen LogP contribution in [0.5, 0.6) is 0 Å². The molecule has 0 N–H and O–H groups in total. The highest BCUT2D eigenvalue weighted by molar-refractivity contribution is 9.10. The van der Waals surface area contributed by atoms with Crippen molar-refractivity contribution in [3.8, 4) is 11.1 Å². The van der Waals surface area contributed by atoms with Gasteiger partial charge in [0.2, 0.25) is 0 Å². The quantitative estimate of drug-likeness (QED) is 0.201. The number of hydrogen-bond donors (Lipinski definition) is 0. The molecule has 0 spiro atoms. The second-order valence-corrected chi connectivity index (χ2v) is 10.1. The molecule has 0 fully saturated rings. The molecule has 0 saturated carbocycles. The van der Waals surface area contributed by atoms with Gasteiger partial charge in [-0.1, -0.05) is 137 Å². The summed E-state index contributed by atoms with van der Waals surface area (Å²) in [5.41, 5.74) is 6.53. The van der Waals surface area contributed by atoms with Crippen molar-refractivity contribution in [3.63, 3.8) is 0 Å². The summed E-state index contributed by atoms with van der Waals surface area (Å²) in [4.78, 5) is 0. The molecule has 0 heterocycles. The lowest BCUT2D eigenvalue weighted by molar-refractivity contribution is 0.806. The SMILES string of the molecule is Brc1ccc(-c2ccc([C@@H](Cc3ccccc3)c3ccc4c(ccc5ccccc54)c3)cc2)cc1. The first-order valence-corrected chi connectivity index (χ1v) is 12.9. The molecule has 35 heavy (non-hydrogen) atoms. The third-order valence-electron chi connectivity index (χ3n) is 6.94. The Kier molecular flexibility index (Phi) is 5.94. The predicted octanol–water partition coefficient (Wildman–Crippen LogP) is 9.80. The van der Waals surface area contributed by atoms with Gasteiger partial charge in [-0.25, -0.2) is 0 Å². The van der Waals surface area contributed by atoms with E-state index in [1.54, 1.807) is 0 Å². The Balaban J connectivity index is 1.42. The molecule has 0 aromatic heterocycles. The number of fused-ring (bicyclic) bond motifs is 3. The van der Waals surface area contributed by atoms with Gasteiger partial charge in [-0.05, 0) is 67.9 Å². The molecule has 6 rings (SSSR count). The van der Waals surface area contributed by atoms with Crippen LogP contribution in [0.15, 0.2) is 138 Å². The molecule has 1 heteroatoms.